The maximum atomic E-state index is 12.9. The molecule has 0 saturated heterocycles. The number of anilines is 1. The zero-order valence-electron chi connectivity index (χ0n) is 17.6. The molecule has 32 heavy (non-hydrogen) atoms. The largest absolute Gasteiger partial charge is 0.495 e. The number of fused-ring (bicyclic) bond motifs is 1. The molecule has 4 rings (SSSR count). The van der Waals surface area contributed by atoms with Crippen LogP contribution in [0, 0.1) is 0 Å². The van der Waals surface area contributed by atoms with Gasteiger partial charge in [-0.2, -0.15) is 4.98 Å². The maximum absolute atomic E-state index is 12.9. The summed E-state index contributed by atoms with van der Waals surface area (Å²) in [5.41, 5.74) is 3.08. The number of amides is 1. The molecule has 0 atom stereocenters. The number of hydrogen-bond acceptors (Lipinski definition) is 6. The van der Waals surface area contributed by atoms with Crippen molar-refractivity contribution in [1.29, 1.82) is 0 Å². The fraction of sp³-hybridized carbons (Fsp3) is 0.304. The third-order valence-corrected chi connectivity index (χ3v) is 6.53. The lowest BCUT2D eigenvalue weighted by molar-refractivity contribution is -0.113. The molecule has 1 aliphatic rings. The monoisotopic (exact) mass is 470 g/mol. The van der Waals surface area contributed by atoms with E-state index in [0.717, 1.165) is 42.6 Å². The van der Waals surface area contributed by atoms with Crippen molar-refractivity contribution in [3.63, 3.8) is 0 Å². The van der Waals surface area contributed by atoms with Crippen molar-refractivity contribution in [2.75, 3.05) is 18.2 Å². The lowest BCUT2D eigenvalue weighted by atomic mass is 9.97. The number of rotatable bonds is 7. The van der Waals surface area contributed by atoms with Gasteiger partial charge in [-0.05, 0) is 56.0 Å². The van der Waals surface area contributed by atoms with Gasteiger partial charge < -0.3 is 10.1 Å². The Morgan fingerprint density at radius 3 is 2.88 bits per heavy atom. The van der Waals surface area contributed by atoms with E-state index >= 15 is 0 Å². The molecular formula is C23H23ClN4O3S. The molecule has 1 aliphatic carbocycles. The van der Waals surface area contributed by atoms with Crippen LogP contribution in [-0.2, 0) is 24.2 Å². The molecule has 0 radical (unpaired) electrons. The quantitative estimate of drug-likeness (QED) is 0.415. The first kappa shape index (κ1) is 22.4. The summed E-state index contributed by atoms with van der Waals surface area (Å²) >= 11 is 7.32. The van der Waals surface area contributed by atoms with Gasteiger partial charge in [0.1, 0.15) is 10.8 Å². The van der Waals surface area contributed by atoms with Crippen molar-refractivity contribution in [2.24, 2.45) is 0 Å². The van der Waals surface area contributed by atoms with Crippen molar-refractivity contribution in [3.8, 4) is 5.75 Å². The number of nitrogens with zero attached hydrogens (tertiary/aromatic N) is 3. The van der Waals surface area contributed by atoms with Crippen LogP contribution in [0.1, 0.15) is 29.8 Å². The Hall–Kier alpha value is -2.84. The lowest BCUT2D eigenvalue weighted by Gasteiger charge is -2.22. The Morgan fingerprint density at radius 1 is 1.25 bits per heavy atom. The van der Waals surface area contributed by atoms with E-state index in [9.17, 15) is 9.59 Å². The summed E-state index contributed by atoms with van der Waals surface area (Å²) in [6.45, 7) is 0.398. The van der Waals surface area contributed by atoms with Crippen LogP contribution in [0.4, 0.5) is 5.69 Å². The average molecular weight is 471 g/mol. The van der Waals surface area contributed by atoms with Crippen molar-refractivity contribution < 1.29 is 9.53 Å². The van der Waals surface area contributed by atoms with Gasteiger partial charge in [-0.15, -0.1) is 0 Å². The highest BCUT2D eigenvalue weighted by Crippen LogP contribution is 2.30. The first-order valence-electron chi connectivity index (χ1n) is 10.3. The number of thioether (sulfide) groups is 1. The number of carbonyl (C=O) groups is 1. The van der Waals surface area contributed by atoms with Crippen LogP contribution in [0.3, 0.4) is 0 Å². The number of halogens is 1. The van der Waals surface area contributed by atoms with Crippen LogP contribution in [0.5, 0.6) is 5.75 Å². The van der Waals surface area contributed by atoms with Crippen molar-refractivity contribution in [3.05, 3.63) is 75.1 Å². The standard InChI is InChI=1S/C23H23ClN4O3S/c1-31-20-10-9-15(24)12-18(20)26-21(29)14-32-22-17-7-2-3-8-19(17)28(23(30)27-22)13-16-6-4-5-11-25-16/h4-6,9-12H,2-3,7-8,13-14H2,1H3,(H,26,29). The second-order valence-corrected chi connectivity index (χ2v) is 8.82. The van der Waals surface area contributed by atoms with E-state index in [-0.39, 0.29) is 17.3 Å². The third-order valence-electron chi connectivity index (χ3n) is 5.27. The fourth-order valence-electron chi connectivity index (χ4n) is 3.78. The van der Waals surface area contributed by atoms with Gasteiger partial charge in [-0.3, -0.25) is 14.3 Å². The number of pyridine rings is 1. The molecule has 3 aromatic rings. The Morgan fingerprint density at radius 2 is 2.09 bits per heavy atom. The summed E-state index contributed by atoms with van der Waals surface area (Å²) in [6, 6.07) is 10.7. The number of hydrogen-bond donors (Lipinski definition) is 1. The van der Waals surface area contributed by atoms with Crippen LogP contribution in [0.15, 0.2) is 52.4 Å². The van der Waals surface area contributed by atoms with E-state index in [1.54, 1.807) is 29.0 Å². The van der Waals surface area contributed by atoms with Gasteiger partial charge in [-0.25, -0.2) is 4.79 Å². The molecule has 7 nitrogen and oxygen atoms in total. The van der Waals surface area contributed by atoms with E-state index in [2.05, 4.69) is 15.3 Å². The molecule has 2 heterocycles. The molecule has 0 unspecified atom stereocenters. The van der Waals surface area contributed by atoms with Crippen molar-refractivity contribution in [2.45, 2.75) is 37.3 Å². The highest BCUT2D eigenvalue weighted by molar-refractivity contribution is 8.00. The lowest BCUT2D eigenvalue weighted by Crippen LogP contribution is -2.31. The molecule has 0 aliphatic heterocycles. The smallest absolute Gasteiger partial charge is 0.349 e. The summed E-state index contributed by atoms with van der Waals surface area (Å²) in [6.07, 6.45) is 5.45. The normalized spacial score (nSPS) is 12.8. The van der Waals surface area contributed by atoms with Gasteiger partial charge in [0.25, 0.3) is 0 Å². The summed E-state index contributed by atoms with van der Waals surface area (Å²) in [7, 11) is 1.53. The molecule has 0 bridgehead atoms. The van der Waals surface area contributed by atoms with Crippen molar-refractivity contribution >= 4 is 35.0 Å². The Bertz CT molecular complexity index is 1180. The Labute approximate surface area is 195 Å². The van der Waals surface area contributed by atoms with Crippen LogP contribution in [-0.4, -0.2) is 33.3 Å². The zero-order valence-corrected chi connectivity index (χ0v) is 19.2. The molecule has 166 valence electrons. The first-order chi connectivity index (χ1) is 15.5. The molecule has 0 saturated carbocycles. The molecule has 9 heteroatoms. The third kappa shape index (κ3) is 5.14. The molecule has 1 amide bonds. The predicted octanol–water partition coefficient (Wildman–Crippen LogP) is 3.96. The topological polar surface area (TPSA) is 86.1 Å². The molecule has 2 aromatic heterocycles. The second kappa shape index (κ2) is 10.2. The maximum Gasteiger partial charge on any atom is 0.349 e. The summed E-state index contributed by atoms with van der Waals surface area (Å²) in [5.74, 6) is 0.429. The predicted molar refractivity (Wildman–Crippen MR) is 126 cm³/mol. The minimum absolute atomic E-state index is 0.124. The number of methoxy groups -OCH3 is 1. The highest BCUT2D eigenvalue weighted by atomic mass is 35.5. The van der Waals surface area contributed by atoms with Gasteiger partial charge in [0.15, 0.2) is 0 Å². The Balaban J connectivity index is 1.53. The van der Waals surface area contributed by atoms with E-state index < -0.39 is 0 Å². The van der Waals surface area contributed by atoms with Crippen LogP contribution < -0.4 is 15.7 Å². The number of carbonyl (C=O) groups excluding carboxylic acids is 1. The van der Waals surface area contributed by atoms with E-state index in [4.69, 9.17) is 16.3 Å². The average Bonchev–Trinajstić information content (AvgIpc) is 2.80. The minimum Gasteiger partial charge on any atom is -0.495 e. The minimum atomic E-state index is -0.310. The molecule has 1 N–H and O–H groups in total. The van der Waals surface area contributed by atoms with Gasteiger partial charge in [-0.1, -0.05) is 29.4 Å². The molecule has 1 aromatic carbocycles. The number of nitrogens with one attached hydrogen (secondary N) is 1. The second-order valence-electron chi connectivity index (χ2n) is 7.42. The zero-order chi connectivity index (χ0) is 22.5. The summed E-state index contributed by atoms with van der Waals surface area (Å²) in [4.78, 5) is 34.1. The van der Waals surface area contributed by atoms with Gasteiger partial charge in [0.05, 0.1) is 30.8 Å². The number of benzene rings is 1. The summed E-state index contributed by atoms with van der Waals surface area (Å²) in [5, 5.41) is 3.96. The SMILES string of the molecule is COc1ccc(Cl)cc1NC(=O)CSc1nc(=O)n(Cc2ccccn2)c2c1CCCC2. The van der Waals surface area contributed by atoms with Gasteiger partial charge >= 0.3 is 5.69 Å². The number of ether oxygens (including phenoxy) is 1. The van der Waals surface area contributed by atoms with Crippen LogP contribution >= 0.6 is 23.4 Å². The molecule has 0 fully saturated rings. The van der Waals surface area contributed by atoms with Gasteiger partial charge in [0.2, 0.25) is 5.91 Å². The Kier molecular flexibility index (Phi) is 7.12. The van der Waals surface area contributed by atoms with E-state index in [0.29, 0.717) is 28.0 Å². The highest BCUT2D eigenvalue weighted by Gasteiger charge is 2.21. The summed E-state index contributed by atoms with van der Waals surface area (Å²) < 4.78 is 6.99. The first-order valence-corrected chi connectivity index (χ1v) is 11.7. The van der Waals surface area contributed by atoms with E-state index in [1.807, 2.05) is 18.2 Å². The fourth-order valence-corrected chi connectivity index (χ4v) is 4.83. The van der Waals surface area contributed by atoms with Crippen LogP contribution in [0.25, 0.3) is 0 Å². The van der Waals surface area contributed by atoms with Crippen LogP contribution in [0.2, 0.25) is 5.02 Å². The van der Waals surface area contributed by atoms with Crippen molar-refractivity contribution in [1.82, 2.24) is 14.5 Å². The molecule has 0 spiro atoms. The van der Waals surface area contributed by atoms with Gasteiger partial charge in [0, 0.05) is 22.5 Å². The number of aromatic nitrogens is 3. The van der Waals surface area contributed by atoms with E-state index in [1.165, 1.54) is 18.9 Å². The molecular weight excluding hydrogens is 448 g/mol.